The van der Waals surface area contributed by atoms with Crippen LogP contribution in [0, 0.1) is 0 Å². The van der Waals surface area contributed by atoms with E-state index in [1.165, 1.54) is 11.6 Å². The Bertz CT molecular complexity index is 1270. The molecule has 9 heteroatoms. The molecular formula is C33H40N2O7. The average molecular weight is 577 g/mol. The molecule has 0 fully saturated rings. The largest absolute Gasteiger partial charge is 0.493 e. The molecule has 0 radical (unpaired) electrons. The topological polar surface area (TPSA) is 97.4 Å². The molecule has 1 aromatic heterocycles. The van der Waals surface area contributed by atoms with Gasteiger partial charge in [0.15, 0.2) is 23.0 Å². The molecule has 2 aromatic carbocycles. The predicted octanol–water partition coefficient (Wildman–Crippen LogP) is 5.65. The molecule has 42 heavy (non-hydrogen) atoms. The highest BCUT2D eigenvalue weighted by molar-refractivity contribution is 5.90. The van der Waals surface area contributed by atoms with Gasteiger partial charge in [-0.15, -0.1) is 0 Å². The lowest BCUT2D eigenvalue weighted by Gasteiger charge is -2.18. The number of hydrogen-bond acceptors (Lipinski definition) is 8. The zero-order chi connectivity index (χ0) is 30.5. The SMILES string of the molecule is COc1cc(C(=C/C=C/C(=O)NC(C)CCCc2cccnc2)c2cc(OC)c(OC)c(OC)c2)cc(OC)c1OC. The molecule has 1 heterocycles. The van der Waals surface area contributed by atoms with Crippen LogP contribution in [0.1, 0.15) is 36.5 Å². The molecule has 1 atom stereocenters. The van der Waals surface area contributed by atoms with Crippen molar-refractivity contribution in [3.05, 3.63) is 83.7 Å². The minimum atomic E-state index is -0.186. The summed E-state index contributed by atoms with van der Waals surface area (Å²) in [5.41, 5.74) is 3.45. The number of aryl methyl sites for hydroxylation is 1. The fourth-order valence-corrected chi connectivity index (χ4v) is 4.59. The molecule has 0 bridgehead atoms. The van der Waals surface area contributed by atoms with Crippen molar-refractivity contribution in [1.82, 2.24) is 10.3 Å². The van der Waals surface area contributed by atoms with Crippen LogP contribution in [-0.4, -0.2) is 59.6 Å². The van der Waals surface area contributed by atoms with E-state index in [1.54, 1.807) is 54.9 Å². The van der Waals surface area contributed by atoms with Gasteiger partial charge in [0.05, 0.1) is 42.7 Å². The molecule has 0 aliphatic rings. The summed E-state index contributed by atoms with van der Waals surface area (Å²) < 4.78 is 33.4. The van der Waals surface area contributed by atoms with Crippen molar-refractivity contribution in [2.24, 2.45) is 0 Å². The van der Waals surface area contributed by atoms with Gasteiger partial charge < -0.3 is 33.7 Å². The second kappa shape index (κ2) is 16.0. The van der Waals surface area contributed by atoms with Crippen LogP contribution >= 0.6 is 0 Å². The number of nitrogens with one attached hydrogen (secondary N) is 1. The number of hydrogen-bond donors (Lipinski definition) is 1. The number of benzene rings is 2. The standard InChI is InChI=1S/C33H40N2O7/c1-22(11-8-12-23-13-10-16-34-21-23)35-31(36)15-9-14-26(24-17-27(37-2)32(41-6)28(18-24)38-3)25-19-29(39-4)33(42-7)30(20-25)40-5/h9-10,13-22H,8,11-12H2,1-7H3,(H,35,36)/b15-9+. The Kier molecular flexibility index (Phi) is 12.1. The molecule has 3 aromatic rings. The van der Waals surface area contributed by atoms with Crippen LogP contribution in [-0.2, 0) is 11.2 Å². The van der Waals surface area contributed by atoms with E-state index in [9.17, 15) is 4.79 Å². The molecule has 1 N–H and O–H groups in total. The number of allylic oxidation sites excluding steroid dienone is 2. The summed E-state index contributed by atoms with van der Waals surface area (Å²) in [7, 11) is 9.35. The lowest BCUT2D eigenvalue weighted by atomic mass is 9.95. The first-order valence-electron chi connectivity index (χ1n) is 13.6. The van der Waals surface area contributed by atoms with Gasteiger partial charge in [0.2, 0.25) is 17.4 Å². The van der Waals surface area contributed by atoms with Gasteiger partial charge in [0.25, 0.3) is 0 Å². The van der Waals surface area contributed by atoms with Crippen LogP contribution < -0.4 is 33.7 Å². The molecule has 1 amide bonds. The highest BCUT2D eigenvalue weighted by Crippen LogP contribution is 2.44. The molecule has 1 unspecified atom stereocenters. The maximum Gasteiger partial charge on any atom is 0.244 e. The van der Waals surface area contributed by atoms with E-state index in [4.69, 9.17) is 28.4 Å². The van der Waals surface area contributed by atoms with Gasteiger partial charge in [-0.25, -0.2) is 0 Å². The van der Waals surface area contributed by atoms with Crippen molar-refractivity contribution in [2.45, 2.75) is 32.2 Å². The van der Waals surface area contributed by atoms with Crippen LogP contribution in [0.25, 0.3) is 5.57 Å². The van der Waals surface area contributed by atoms with E-state index in [2.05, 4.69) is 16.4 Å². The molecular weight excluding hydrogens is 536 g/mol. The predicted molar refractivity (Wildman–Crippen MR) is 163 cm³/mol. The smallest absolute Gasteiger partial charge is 0.244 e. The fourth-order valence-electron chi connectivity index (χ4n) is 4.59. The van der Waals surface area contributed by atoms with Crippen LogP contribution in [0.4, 0.5) is 0 Å². The fraction of sp³-hybridized carbons (Fsp3) is 0.333. The van der Waals surface area contributed by atoms with Crippen molar-refractivity contribution in [3.63, 3.8) is 0 Å². The lowest BCUT2D eigenvalue weighted by Crippen LogP contribution is -2.31. The lowest BCUT2D eigenvalue weighted by molar-refractivity contribution is -0.117. The minimum absolute atomic E-state index is 0.0208. The minimum Gasteiger partial charge on any atom is -0.493 e. The van der Waals surface area contributed by atoms with E-state index < -0.39 is 0 Å². The molecule has 0 saturated carbocycles. The number of carbonyl (C=O) groups is 1. The summed E-state index contributed by atoms with van der Waals surface area (Å²) in [6.07, 6.45) is 11.4. The Labute approximate surface area is 248 Å². The summed E-state index contributed by atoms with van der Waals surface area (Å²) in [6.45, 7) is 2.00. The first-order valence-corrected chi connectivity index (χ1v) is 13.6. The van der Waals surface area contributed by atoms with Crippen LogP contribution in [0.3, 0.4) is 0 Å². The number of aromatic nitrogens is 1. The van der Waals surface area contributed by atoms with Crippen molar-refractivity contribution in [2.75, 3.05) is 42.7 Å². The number of ether oxygens (including phenoxy) is 6. The van der Waals surface area contributed by atoms with E-state index in [1.807, 2.05) is 49.5 Å². The Morgan fingerprint density at radius 3 is 1.79 bits per heavy atom. The number of methoxy groups -OCH3 is 6. The monoisotopic (exact) mass is 576 g/mol. The summed E-state index contributed by atoms with van der Waals surface area (Å²) in [6, 6.07) is 11.4. The first kappa shape index (κ1) is 31.9. The van der Waals surface area contributed by atoms with Crippen molar-refractivity contribution < 1.29 is 33.2 Å². The third-order valence-corrected chi connectivity index (χ3v) is 6.68. The summed E-state index contributed by atoms with van der Waals surface area (Å²) >= 11 is 0. The second-order valence-electron chi connectivity index (χ2n) is 9.43. The van der Waals surface area contributed by atoms with Crippen molar-refractivity contribution in [1.29, 1.82) is 0 Å². The Morgan fingerprint density at radius 2 is 1.36 bits per heavy atom. The quantitative estimate of drug-likeness (QED) is 0.183. The van der Waals surface area contributed by atoms with Gasteiger partial charge in [-0.3, -0.25) is 9.78 Å². The van der Waals surface area contributed by atoms with Gasteiger partial charge in [-0.05, 0) is 78.8 Å². The normalized spacial score (nSPS) is 11.4. The summed E-state index contributed by atoms with van der Waals surface area (Å²) in [5, 5.41) is 3.04. The number of amides is 1. The van der Waals surface area contributed by atoms with E-state index >= 15 is 0 Å². The second-order valence-corrected chi connectivity index (χ2v) is 9.43. The number of pyridine rings is 1. The third-order valence-electron chi connectivity index (χ3n) is 6.68. The van der Waals surface area contributed by atoms with Crippen LogP contribution in [0.2, 0.25) is 0 Å². The average Bonchev–Trinajstić information content (AvgIpc) is 3.02. The number of rotatable bonds is 15. The Balaban J connectivity index is 1.92. The van der Waals surface area contributed by atoms with Crippen LogP contribution in [0.15, 0.2) is 67.0 Å². The number of nitrogens with zero attached hydrogens (tertiary/aromatic N) is 1. The molecule has 224 valence electrons. The molecule has 0 aliphatic heterocycles. The van der Waals surface area contributed by atoms with E-state index in [-0.39, 0.29) is 11.9 Å². The summed E-state index contributed by atoms with van der Waals surface area (Å²) in [5.74, 6) is 2.73. The first-order chi connectivity index (χ1) is 20.4. The molecule has 0 spiro atoms. The Morgan fingerprint density at radius 1 is 0.833 bits per heavy atom. The zero-order valence-electron chi connectivity index (χ0n) is 25.4. The zero-order valence-corrected chi connectivity index (χ0v) is 25.4. The Hall–Kier alpha value is -4.66. The molecule has 0 aliphatic carbocycles. The van der Waals surface area contributed by atoms with Gasteiger partial charge in [0, 0.05) is 24.5 Å². The number of carbonyl (C=O) groups excluding carboxylic acids is 1. The maximum atomic E-state index is 12.8. The van der Waals surface area contributed by atoms with Crippen LogP contribution in [0.5, 0.6) is 34.5 Å². The van der Waals surface area contributed by atoms with Gasteiger partial charge >= 0.3 is 0 Å². The van der Waals surface area contributed by atoms with E-state index in [0.29, 0.717) is 34.5 Å². The van der Waals surface area contributed by atoms with Crippen molar-refractivity contribution >= 4 is 11.5 Å². The van der Waals surface area contributed by atoms with E-state index in [0.717, 1.165) is 36.0 Å². The van der Waals surface area contributed by atoms with Gasteiger partial charge in [-0.2, -0.15) is 0 Å². The molecule has 3 rings (SSSR count). The highest BCUT2D eigenvalue weighted by atomic mass is 16.5. The molecule has 0 saturated heterocycles. The summed E-state index contributed by atoms with van der Waals surface area (Å²) in [4.78, 5) is 16.9. The van der Waals surface area contributed by atoms with Gasteiger partial charge in [-0.1, -0.05) is 18.2 Å². The highest BCUT2D eigenvalue weighted by Gasteiger charge is 2.19. The molecule has 9 nitrogen and oxygen atoms in total. The maximum absolute atomic E-state index is 12.8. The van der Waals surface area contributed by atoms with Gasteiger partial charge in [0.1, 0.15) is 0 Å². The third kappa shape index (κ3) is 8.19. The van der Waals surface area contributed by atoms with Crippen molar-refractivity contribution in [3.8, 4) is 34.5 Å².